The van der Waals surface area contributed by atoms with Crippen molar-refractivity contribution in [1.29, 1.82) is 0 Å². The molecule has 0 aromatic carbocycles. The van der Waals surface area contributed by atoms with Crippen LogP contribution in [-0.4, -0.2) is 33.8 Å². The van der Waals surface area contributed by atoms with Gasteiger partial charge in [-0.3, -0.25) is 9.48 Å². The maximum absolute atomic E-state index is 12.7. The molecule has 130 valence electrons. The Morgan fingerprint density at radius 3 is 2.48 bits per heavy atom. The summed E-state index contributed by atoms with van der Waals surface area (Å²) in [6.07, 6.45) is 7.15. The molecule has 2 aliphatic heterocycles. The van der Waals surface area contributed by atoms with Gasteiger partial charge in [0.25, 0.3) is 5.91 Å². The molecule has 1 aromatic rings. The number of carbonyl (C=O) groups excluding carboxylic acids is 1. The van der Waals surface area contributed by atoms with Gasteiger partial charge in [0.15, 0.2) is 0 Å². The average molecular weight is 341 g/mol. The molecule has 0 saturated carbocycles. The zero-order valence-corrected chi connectivity index (χ0v) is 15.4. The highest BCUT2D eigenvalue weighted by atomic mass is 35.5. The predicted molar refractivity (Wildman–Crippen MR) is 94.3 cm³/mol. The number of aromatic nitrogens is 2. The van der Waals surface area contributed by atoms with Crippen molar-refractivity contribution in [3.05, 3.63) is 17.5 Å². The lowest BCUT2D eigenvalue weighted by Crippen LogP contribution is -2.48. The van der Waals surface area contributed by atoms with E-state index in [1.165, 1.54) is 12.8 Å². The summed E-state index contributed by atoms with van der Waals surface area (Å²) >= 11 is 0. The van der Waals surface area contributed by atoms with E-state index in [4.69, 9.17) is 0 Å². The van der Waals surface area contributed by atoms with E-state index in [9.17, 15) is 4.79 Å². The van der Waals surface area contributed by atoms with E-state index in [0.29, 0.717) is 18.1 Å². The first kappa shape index (κ1) is 18.3. The van der Waals surface area contributed by atoms with Crippen LogP contribution in [0.2, 0.25) is 0 Å². The quantitative estimate of drug-likeness (QED) is 0.889. The van der Waals surface area contributed by atoms with E-state index < -0.39 is 0 Å². The molecule has 0 radical (unpaired) electrons. The highest BCUT2D eigenvalue weighted by molar-refractivity contribution is 5.95. The number of piperidine rings is 1. The van der Waals surface area contributed by atoms with Crippen LogP contribution in [0.15, 0.2) is 6.20 Å². The van der Waals surface area contributed by atoms with Crippen LogP contribution in [0.5, 0.6) is 0 Å². The van der Waals surface area contributed by atoms with E-state index in [1.807, 2.05) is 4.68 Å². The van der Waals surface area contributed by atoms with Gasteiger partial charge in [-0.1, -0.05) is 6.92 Å². The van der Waals surface area contributed by atoms with Crippen LogP contribution in [0.25, 0.3) is 0 Å². The molecular weight excluding hydrogens is 312 g/mol. The Morgan fingerprint density at radius 2 is 1.96 bits per heavy atom. The third-order valence-electron chi connectivity index (χ3n) is 4.89. The third-order valence-corrected chi connectivity index (χ3v) is 4.89. The van der Waals surface area contributed by atoms with Crippen molar-refractivity contribution in [3.63, 3.8) is 0 Å². The molecule has 0 spiro atoms. The van der Waals surface area contributed by atoms with Crippen LogP contribution >= 0.6 is 12.4 Å². The van der Waals surface area contributed by atoms with Gasteiger partial charge in [0.1, 0.15) is 0 Å². The van der Waals surface area contributed by atoms with Gasteiger partial charge in [-0.05, 0) is 52.9 Å². The number of carbonyl (C=O) groups is 1. The lowest BCUT2D eigenvalue weighted by molar-refractivity contribution is 0.0922. The first-order valence-electron chi connectivity index (χ1n) is 8.52. The van der Waals surface area contributed by atoms with Crippen LogP contribution in [0.1, 0.15) is 69.4 Å². The van der Waals surface area contributed by atoms with E-state index in [0.717, 1.165) is 30.5 Å². The average Bonchev–Trinajstić information content (AvgIpc) is 3.01. The summed E-state index contributed by atoms with van der Waals surface area (Å²) in [5.74, 6) is 0.0404. The fourth-order valence-corrected chi connectivity index (χ4v) is 3.92. The summed E-state index contributed by atoms with van der Waals surface area (Å²) in [5, 5.41) is 11.3. The summed E-state index contributed by atoms with van der Waals surface area (Å²) < 4.78 is 1.98. The van der Waals surface area contributed by atoms with Crippen LogP contribution in [0.4, 0.5) is 0 Å². The van der Waals surface area contributed by atoms with E-state index in [1.54, 1.807) is 6.20 Å². The lowest BCUT2D eigenvalue weighted by atomic mass is 9.99. The summed E-state index contributed by atoms with van der Waals surface area (Å²) in [6, 6.07) is 1.48. The van der Waals surface area contributed by atoms with Gasteiger partial charge >= 0.3 is 0 Å². The number of hydrogen-bond donors (Lipinski definition) is 2. The third kappa shape index (κ3) is 3.72. The molecule has 2 fully saturated rings. The Hall–Kier alpha value is -1.07. The van der Waals surface area contributed by atoms with Gasteiger partial charge in [0.2, 0.25) is 0 Å². The number of nitrogens with zero attached hydrogens (tertiary/aromatic N) is 2. The second-order valence-electron chi connectivity index (χ2n) is 7.72. The van der Waals surface area contributed by atoms with Gasteiger partial charge in [0.05, 0.1) is 23.0 Å². The van der Waals surface area contributed by atoms with Crippen molar-refractivity contribution in [2.24, 2.45) is 0 Å². The molecule has 2 unspecified atom stereocenters. The monoisotopic (exact) mass is 340 g/mol. The minimum atomic E-state index is -0.0995. The zero-order valence-electron chi connectivity index (χ0n) is 14.6. The van der Waals surface area contributed by atoms with Crippen molar-refractivity contribution in [1.82, 2.24) is 20.4 Å². The highest BCUT2D eigenvalue weighted by Gasteiger charge is 2.34. The largest absolute Gasteiger partial charge is 0.349 e. The molecule has 1 amide bonds. The summed E-state index contributed by atoms with van der Waals surface area (Å²) in [5.41, 5.74) is 1.67. The second-order valence-corrected chi connectivity index (χ2v) is 7.72. The van der Waals surface area contributed by atoms with E-state index >= 15 is 0 Å². The molecular formula is C17H29ClN4O. The van der Waals surface area contributed by atoms with Crippen molar-refractivity contribution < 1.29 is 4.79 Å². The maximum Gasteiger partial charge on any atom is 0.254 e. The second kappa shape index (κ2) is 6.81. The lowest BCUT2D eigenvalue weighted by Gasteiger charge is -2.29. The molecule has 2 bridgehead atoms. The topological polar surface area (TPSA) is 59.0 Å². The molecule has 3 heterocycles. The van der Waals surface area contributed by atoms with Gasteiger partial charge in [0, 0.05) is 18.1 Å². The first-order valence-corrected chi connectivity index (χ1v) is 8.52. The Kier molecular flexibility index (Phi) is 5.41. The normalized spacial score (nSPS) is 26.7. The van der Waals surface area contributed by atoms with Crippen LogP contribution in [-0.2, 0) is 12.0 Å². The number of halogens is 1. The van der Waals surface area contributed by atoms with Crippen LogP contribution in [0, 0.1) is 0 Å². The molecule has 2 aliphatic rings. The zero-order chi connectivity index (χ0) is 15.9. The summed E-state index contributed by atoms with van der Waals surface area (Å²) in [4.78, 5) is 12.7. The Labute approximate surface area is 145 Å². The molecule has 6 heteroatoms. The summed E-state index contributed by atoms with van der Waals surface area (Å²) in [6.45, 7) is 8.43. The van der Waals surface area contributed by atoms with Gasteiger partial charge in [-0.25, -0.2) is 0 Å². The van der Waals surface area contributed by atoms with Crippen LogP contribution < -0.4 is 10.6 Å². The molecule has 1 aromatic heterocycles. The van der Waals surface area contributed by atoms with Gasteiger partial charge in [-0.15, -0.1) is 12.4 Å². The highest BCUT2D eigenvalue weighted by Crippen LogP contribution is 2.27. The molecule has 23 heavy (non-hydrogen) atoms. The molecule has 0 aliphatic carbocycles. The fraction of sp³-hybridized carbons (Fsp3) is 0.765. The van der Waals surface area contributed by atoms with E-state index in [-0.39, 0.29) is 23.9 Å². The standard InChI is InChI=1S/C17H28N4O.ClH/c1-5-15-14(10-18-21(15)17(2,3)4)16(22)20-13-8-11-6-7-12(9-13)19-11;/h10-13,19H,5-9H2,1-4H3,(H,20,22);1H. The number of fused-ring (bicyclic) bond motifs is 2. The predicted octanol–water partition coefficient (Wildman–Crippen LogP) is 2.64. The van der Waals surface area contributed by atoms with Crippen LogP contribution in [0.3, 0.4) is 0 Å². The van der Waals surface area contributed by atoms with Crippen molar-refractivity contribution in [3.8, 4) is 0 Å². The number of rotatable bonds is 3. The fourth-order valence-electron chi connectivity index (χ4n) is 3.92. The SMILES string of the molecule is CCc1c(C(=O)NC2CC3CCC(C2)N3)cnn1C(C)(C)C.Cl. The molecule has 5 nitrogen and oxygen atoms in total. The van der Waals surface area contributed by atoms with Gasteiger partial charge < -0.3 is 10.6 Å². The minimum absolute atomic E-state index is 0. The molecule has 2 saturated heterocycles. The van der Waals surface area contributed by atoms with Crippen molar-refractivity contribution >= 4 is 18.3 Å². The van der Waals surface area contributed by atoms with Crippen molar-refractivity contribution in [2.75, 3.05) is 0 Å². The van der Waals surface area contributed by atoms with Crippen molar-refractivity contribution in [2.45, 2.75) is 83.5 Å². The molecule has 2 atom stereocenters. The Bertz CT molecular complexity index is 551. The van der Waals surface area contributed by atoms with E-state index in [2.05, 4.69) is 43.4 Å². The molecule has 3 rings (SSSR count). The maximum atomic E-state index is 12.7. The first-order chi connectivity index (χ1) is 10.4. The van der Waals surface area contributed by atoms with Gasteiger partial charge in [-0.2, -0.15) is 5.10 Å². The number of nitrogens with one attached hydrogen (secondary N) is 2. The summed E-state index contributed by atoms with van der Waals surface area (Å²) in [7, 11) is 0. The Morgan fingerprint density at radius 1 is 1.35 bits per heavy atom. The number of hydrogen-bond acceptors (Lipinski definition) is 3. The minimum Gasteiger partial charge on any atom is -0.349 e. The smallest absolute Gasteiger partial charge is 0.254 e. The number of amides is 1. The molecule has 2 N–H and O–H groups in total. The Balaban J connectivity index is 0.00000192.